The van der Waals surface area contributed by atoms with E-state index in [2.05, 4.69) is 13.8 Å². The summed E-state index contributed by atoms with van der Waals surface area (Å²) in [5.74, 6) is 0.102. The molecule has 1 heterocycles. The molecule has 1 rings (SSSR count). The summed E-state index contributed by atoms with van der Waals surface area (Å²) in [6.45, 7) is 8.02. The second kappa shape index (κ2) is 7.09. The first-order valence-electron chi connectivity index (χ1n) is 7.76. The van der Waals surface area contributed by atoms with E-state index in [1.807, 2.05) is 23.8 Å². The van der Waals surface area contributed by atoms with Crippen molar-refractivity contribution in [3.63, 3.8) is 0 Å². The minimum atomic E-state index is -3.10. The van der Waals surface area contributed by atoms with Crippen molar-refractivity contribution >= 4 is 15.7 Å². The Morgan fingerprint density at radius 2 is 1.71 bits per heavy atom. The third-order valence-electron chi connectivity index (χ3n) is 4.92. The van der Waals surface area contributed by atoms with E-state index in [-0.39, 0.29) is 30.6 Å². The fourth-order valence-electron chi connectivity index (χ4n) is 3.07. The number of nitrogens with zero attached hydrogens (tertiary/aromatic N) is 2. The van der Waals surface area contributed by atoms with Crippen LogP contribution in [0.15, 0.2) is 0 Å². The first-order valence-corrected chi connectivity index (χ1v) is 9.71. The summed E-state index contributed by atoms with van der Waals surface area (Å²) in [6, 6.07) is 0.369. The molecule has 0 saturated carbocycles. The van der Waals surface area contributed by atoms with Gasteiger partial charge >= 0.3 is 0 Å². The molecule has 0 radical (unpaired) electrons. The highest BCUT2D eigenvalue weighted by Gasteiger charge is 2.31. The Kier molecular flexibility index (Phi) is 6.23. The average molecular weight is 318 g/mol. The van der Waals surface area contributed by atoms with Crippen molar-refractivity contribution in [2.24, 2.45) is 0 Å². The van der Waals surface area contributed by atoms with Gasteiger partial charge in [0.1, 0.15) is 0 Å². The maximum absolute atomic E-state index is 12.5. The summed E-state index contributed by atoms with van der Waals surface area (Å²) in [7, 11) is -1.27. The van der Waals surface area contributed by atoms with E-state index in [0.717, 1.165) is 12.8 Å². The Balaban J connectivity index is 2.69. The molecule has 124 valence electrons. The van der Waals surface area contributed by atoms with Crippen molar-refractivity contribution in [3.8, 4) is 0 Å². The maximum Gasteiger partial charge on any atom is 0.237 e. The number of sulfone groups is 1. The first-order chi connectivity index (χ1) is 9.55. The molecule has 0 spiro atoms. The Morgan fingerprint density at radius 3 is 2.14 bits per heavy atom. The molecule has 0 aliphatic carbocycles. The predicted molar refractivity (Wildman–Crippen MR) is 86.0 cm³/mol. The molecular weight excluding hydrogens is 288 g/mol. The van der Waals surface area contributed by atoms with E-state index in [4.69, 9.17) is 0 Å². The minimum Gasteiger partial charge on any atom is -0.336 e. The molecule has 1 aliphatic heterocycles. The quantitative estimate of drug-likeness (QED) is 0.771. The summed E-state index contributed by atoms with van der Waals surface area (Å²) in [4.78, 5) is 16.4. The zero-order valence-corrected chi connectivity index (χ0v) is 15.0. The lowest BCUT2D eigenvalue weighted by Crippen LogP contribution is -2.52. The third kappa shape index (κ3) is 4.68. The standard InChI is InChI=1S/C15H30N2O3S/c1-11-8-7-9-12(2)17(11)15(18)10-16(5)13(3)14(4)21(6,19)20/h11-14H,7-10H2,1-6H3/t11-,12-,13-,14+/m0/s1. The van der Waals surface area contributed by atoms with Gasteiger partial charge < -0.3 is 4.90 Å². The molecule has 0 aromatic carbocycles. The Hall–Kier alpha value is -0.620. The summed E-state index contributed by atoms with van der Waals surface area (Å²) >= 11 is 0. The van der Waals surface area contributed by atoms with Gasteiger partial charge in [0.05, 0.1) is 11.8 Å². The van der Waals surface area contributed by atoms with Gasteiger partial charge in [-0.3, -0.25) is 9.69 Å². The van der Waals surface area contributed by atoms with Crippen LogP contribution in [0.25, 0.3) is 0 Å². The summed E-state index contributed by atoms with van der Waals surface area (Å²) < 4.78 is 23.3. The van der Waals surface area contributed by atoms with Crippen LogP contribution in [0.2, 0.25) is 0 Å². The van der Waals surface area contributed by atoms with Crippen molar-refractivity contribution in [2.75, 3.05) is 19.8 Å². The van der Waals surface area contributed by atoms with Crippen LogP contribution in [0.5, 0.6) is 0 Å². The number of hydrogen-bond donors (Lipinski definition) is 0. The zero-order valence-electron chi connectivity index (χ0n) is 14.2. The van der Waals surface area contributed by atoms with E-state index < -0.39 is 15.1 Å². The molecule has 0 bridgehead atoms. The lowest BCUT2D eigenvalue weighted by atomic mass is 9.97. The largest absolute Gasteiger partial charge is 0.336 e. The Labute approximate surface area is 129 Å². The van der Waals surface area contributed by atoms with Crippen LogP contribution in [0.4, 0.5) is 0 Å². The van der Waals surface area contributed by atoms with Crippen LogP contribution in [-0.4, -0.2) is 67.3 Å². The second-order valence-electron chi connectivity index (χ2n) is 6.62. The highest BCUT2D eigenvalue weighted by Crippen LogP contribution is 2.23. The van der Waals surface area contributed by atoms with Crippen molar-refractivity contribution in [1.82, 2.24) is 9.80 Å². The maximum atomic E-state index is 12.5. The van der Waals surface area contributed by atoms with Gasteiger partial charge in [-0.15, -0.1) is 0 Å². The average Bonchev–Trinajstić information content (AvgIpc) is 2.35. The van der Waals surface area contributed by atoms with Crippen LogP contribution >= 0.6 is 0 Å². The SMILES string of the molecule is C[C@H]([C@H](C)N(C)CC(=O)N1[C@@H](C)CCC[C@@H]1C)S(C)(=O)=O. The number of amides is 1. The van der Waals surface area contributed by atoms with Gasteiger partial charge in [-0.2, -0.15) is 0 Å². The van der Waals surface area contributed by atoms with E-state index >= 15 is 0 Å². The number of hydrogen-bond acceptors (Lipinski definition) is 4. The fourth-order valence-corrected chi connectivity index (χ4v) is 3.99. The Bertz CT molecular complexity index is 454. The van der Waals surface area contributed by atoms with E-state index in [1.54, 1.807) is 6.92 Å². The predicted octanol–water partition coefficient (Wildman–Crippen LogP) is 1.53. The molecule has 21 heavy (non-hydrogen) atoms. The van der Waals surface area contributed by atoms with Crippen molar-refractivity contribution in [2.45, 2.75) is 70.3 Å². The first kappa shape index (κ1) is 18.4. The fraction of sp³-hybridized carbons (Fsp3) is 0.933. The number of carbonyl (C=O) groups is 1. The summed E-state index contributed by atoms with van der Waals surface area (Å²) in [5, 5.41) is -0.480. The van der Waals surface area contributed by atoms with E-state index in [0.29, 0.717) is 0 Å². The normalized spacial score (nSPS) is 26.7. The monoisotopic (exact) mass is 318 g/mol. The van der Waals surface area contributed by atoms with E-state index in [9.17, 15) is 13.2 Å². The van der Waals surface area contributed by atoms with Gasteiger partial charge in [0.2, 0.25) is 5.91 Å². The third-order valence-corrected chi connectivity index (χ3v) is 6.66. The molecule has 0 aromatic heterocycles. The highest BCUT2D eigenvalue weighted by atomic mass is 32.2. The molecule has 0 N–H and O–H groups in total. The van der Waals surface area contributed by atoms with Crippen LogP contribution in [0.3, 0.4) is 0 Å². The highest BCUT2D eigenvalue weighted by molar-refractivity contribution is 7.91. The van der Waals surface area contributed by atoms with Gasteiger partial charge in [0.15, 0.2) is 9.84 Å². The minimum absolute atomic E-state index is 0.102. The van der Waals surface area contributed by atoms with Gasteiger partial charge in [-0.05, 0) is 54.0 Å². The number of likely N-dealkylation sites (tertiary alicyclic amines) is 1. The molecule has 4 atom stereocenters. The van der Waals surface area contributed by atoms with Crippen LogP contribution in [0.1, 0.15) is 47.0 Å². The van der Waals surface area contributed by atoms with Crippen molar-refractivity contribution < 1.29 is 13.2 Å². The van der Waals surface area contributed by atoms with Gasteiger partial charge in [0, 0.05) is 24.4 Å². The smallest absolute Gasteiger partial charge is 0.237 e. The molecule has 6 heteroatoms. The van der Waals surface area contributed by atoms with Crippen LogP contribution < -0.4 is 0 Å². The molecular formula is C15H30N2O3S. The molecule has 5 nitrogen and oxygen atoms in total. The summed E-state index contributed by atoms with van der Waals surface area (Å²) in [6.07, 6.45) is 4.52. The zero-order chi connectivity index (χ0) is 16.4. The van der Waals surface area contributed by atoms with Gasteiger partial charge in [0.25, 0.3) is 0 Å². The van der Waals surface area contributed by atoms with Crippen molar-refractivity contribution in [1.29, 1.82) is 0 Å². The lowest BCUT2D eigenvalue weighted by Gasteiger charge is -2.40. The molecule has 1 saturated heterocycles. The summed E-state index contributed by atoms with van der Waals surface area (Å²) in [5.41, 5.74) is 0. The molecule has 1 fully saturated rings. The topological polar surface area (TPSA) is 57.7 Å². The lowest BCUT2D eigenvalue weighted by molar-refractivity contribution is -0.138. The van der Waals surface area contributed by atoms with Crippen LogP contribution in [-0.2, 0) is 14.6 Å². The second-order valence-corrected chi connectivity index (χ2v) is 9.02. The molecule has 1 amide bonds. The molecule has 1 aliphatic rings. The number of carbonyl (C=O) groups excluding carboxylic acids is 1. The van der Waals surface area contributed by atoms with E-state index in [1.165, 1.54) is 12.7 Å². The molecule has 0 aromatic rings. The Morgan fingerprint density at radius 1 is 1.24 bits per heavy atom. The van der Waals surface area contributed by atoms with Crippen LogP contribution in [0, 0.1) is 0 Å². The number of rotatable bonds is 5. The number of piperidine rings is 1. The molecule has 0 unspecified atom stereocenters. The van der Waals surface area contributed by atoms with Gasteiger partial charge in [-0.25, -0.2) is 8.42 Å². The van der Waals surface area contributed by atoms with Crippen molar-refractivity contribution in [3.05, 3.63) is 0 Å². The van der Waals surface area contributed by atoms with Gasteiger partial charge in [-0.1, -0.05) is 0 Å². The number of likely N-dealkylation sites (N-methyl/N-ethyl adjacent to an activating group) is 1.